The number of carbonyl (C=O) groups is 1. The van der Waals surface area contributed by atoms with Crippen LogP contribution in [-0.2, 0) is 10.2 Å². The third-order valence-electron chi connectivity index (χ3n) is 3.23. The van der Waals surface area contributed by atoms with Crippen LogP contribution in [0.5, 0.6) is 0 Å². The third-order valence-corrected chi connectivity index (χ3v) is 3.23. The summed E-state index contributed by atoms with van der Waals surface area (Å²) in [6, 6.07) is 6.46. The van der Waals surface area contributed by atoms with Gasteiger partial charge in [-0.05, 0) is 31.0 Å². The van der Waals surface area contributed by atoms with E-state index in [1.165, 1.54) is 12.1 Å². The molecule has 1 nitrogen and oxygen atoms in total. The monoisotopic (exact) mass is 192 g/mol. The predicted octanol–water partition coefficient (Wildman–Crippen LogP) is 2.69. The van der Waals surface area contributed by atoms with Crippen molar-refractivity contribution in [2.45, 2.75) is 25.7 Å². The standard InChI is InChI=1S/C12H13FO/c1-8(14)11-7-12(11,2)9-3-5-10(13)6-4-9/h3-6,11H,7H2,1-2H3/t11-,12-/m1/s1. The lowest BCUT2D eigenvalue weighted by Crippen LogP contribution is -2.09. The number of benzene rings is 1. The van der Waals surface area contributed by atoms with Gasteiger partial charge in [0.25, 0.3) is 0 Å². The molecule has 2 atom stereocenters. The highest BCUT2D eigenvalue weighted by Crippen LogP contribution is 2.54. The molecule has 0 aliphatic heterocycles. The Morgan fingerprint density at radius 2 is 2.00 bits per heavy atom. The molecule has 0 heterocycles. The Hall–Kier alpha value is -1.18. The normalized spacial score (nSPS) is 30.1. The van der Waals surface area contributed by atoms with Crippen molar-refractivity contribution in [3.05, 3.63) is 35.6 Å². The van der Waals surface area contributed by atoms with Crippen LogP contribution in [0.3, 0.4) is 0 Å². The van der Waals surface area contributed by atoms with Gasteiger partial charge in [0.2, 0.25) is 0 Å². The molecular formula is C12H13FO. The fourth-order valence-electron chi connectivity index (χ4n) is 2.11. The molecule has 74 valence electrons. The summed E-state index contributed by atoms with van der Waals surface area (Å²) in [5.41, 5.74) is 1.03. The van der Waals surface area contributed by atoms with E-state index in [9.17, 15) is 9.18 Å². The van der Waals surface area contributed by atoms with Crippen molar-refractivity contribution < 1.29 is 9.18 Å². The molecule has 0 saturated heterocycles. The van der Waals surface area contributed by atoms with Crippen LogP contribution in [0.4, 0.5) is 4.39 Å². The van der Waals surface area contributed by atoms with Gasteiger partial charge in [-0.25, -0.2) is 4.39 Å². The average molecular weight is 192 g/mol. The van der Waals surface area contributed by atoms with Gasteiger partial charge in [-0.1, -0.05) is 19.1 Å². The number of hydrogen-bond donors (Lipinski definition) is 0. The summed E-state index contributed by atoms with van der Waals surface area (Å²) in [6.07, 6.45) is 0.897. The fraction of sp³-hybridized carbons (Fsp3) is 0.417. The zero-order valence-corrected chi connectivity index (χ0v) is 8.38. The van der Waals surface area contributed by atoms with E-state index in [4.69, 9.17) is 0 Å². The first-order chi connectivity index (χ1) is 6.54. The molecule has 0 aromatic heterocycles. The summed E-state index contributed by atoms with van der Waals surface area (Å²) >= 11 is 0. The molecule has 0 N–H and O–H groups in total. The smallest absolute Gasteiger partial charge is 0.133 e. The van der Waals surface area contributed by atoms with E-state index in [1.54, 1.807) is 19.1 Å². The van der Waals surface area contributed by atoms with Gasteiger partial charge in [-0.2, -0.15) is 0 Å². The fourth-order valence-corrected chi connectivity index (χ4v) is 2.11. The molecule has 2 rings (SSSR count). The second kappa shape index (κ2) is 2.91. The Labute approximate surface area is 82.9 Å². The average Bonchev–Trinajstić information content (AvgIpc) is 2.80. The van der Waals surface area contributed by atoms with Gasteiger partial charge in [0, 0.05) is 11.3 Å². The topological polar surface area (TPSA) is 17.1 Å². The van der Waals surface area contributed by atoms with Crippen LogP contribution < -0.4 is 0 Å². The second-order valence-corrected chi connectivity index (χ2v) is 4.29. The quantitative estimate of drug-likeness (QED) is 0.704. The highest BCUT2D eigenvalue weighted by molar-refractivity contribution is 5.83. The molecule has 1 saturated carbocycles. The van der Waals surface area contributed by atoms with Crippen molar-refractivity contribution in [2.24, 2.45) is 5.92 Å². The Balaban J connectivity index is 2.25. The Morgan fingerprint density at radius 3 is 2.43 bits per heavy atom. The number of ketones is 1. The molecule has 1 aromatic rings. The van der Waals surface area contributed by atoms with E-state index in [-0.39, 0.29) is 22.9 Å². The lowest BCUT2D eigenvalue weighted by Gasteiger charge is -2.10. The zero-order valence-electron chi connectivity index (χ0n) is 8.38. The van der Waals surface area contributed by atoms with Gasteiger partial charge in [0.05, 0.1) is 0 Å². The summed E-state index contributed by atoms with van der Waals surface area (Å²) in [5.74, 6) is 0.141. The highest BCUT2D eigenvalue weighted by Gasteiger charge is 2.53. The molecule has 0 amide bonds. The highest BCUT2D eigenvalue weighted by atomic mass is 19.1. The molecule has 1 fully saturated rings. The third kappa shape index (κ3) is 1.35. The molecule has 0 unspecified atom stereocenters. The number of halogens is 1. The van der Waals surface area contributed by atoms with Gasteiger partial charge >= 0.3 is 0 Å². The second-order valence-electron chi connectivity index (χ2n) is 4.29. The van der Waals surface area contributed by atoms with Crippen molar-refractivity contribution in [1.82, 2.24) is 0 Å². The van der Waals surface area contributed by atoms with Gasteiger partial charge in [0.1, 0.15) is 11.6 Å². The Morgan fingerprint density at radius 1 is 1.43 bits per heavy atom. The van der Waals surface area contributed by atoms with Gasteiger partial charge in [-0.3, -0.25) is 4.79 Å². The van der Waals surface area contributed by atoms with Crippen molar-refractivity contribution in [2.75, 3.05) is 0 Å². The summed E-state index contributed by atoms with van der Waals surface area (Å²) < 4.78 is 12.7. The number of hydrogen-bond acceptors (Lipinski definition) is 1. The number of rotatable bonds is 2. The summed E-state index contributed by atoms with van der Waals surface area (Å²) in [5, 5.41) is 0. The van der Waals surface area contributed by atoms with Crippen LogP contribution >= 0.6 is 0 Å². The first-order valence-corrected chi connectivity index (χ1v) is 4.80. The SMILES string of the molecule is CC(=O)[C@H]1C[C@]1(C)c1ccc(F)cc1. The first kappa shape index (κ1) is 9.38. The molecule has 1 aromatic carbocycles. The van der Waals surface area contributed by atoms with Crippen molar-refractivity contribution in [3.63, 3.8) is 0 Å². The summed E-state index contributed by atoms with van der Waals surface area (Å²) in [6.45, 7) is 3.69. The van der Waals surface area contributed by atoms with Crippen LogP contribution in [0.25, 0.3) is 0 Å². The van der Waals surface area contributed by atoms with E-state index < -0.39 is 0 Å². The maximum absolute atomic E-state index is 12.7. The lowest BCUT2D eigenvalue weighted by molar-refractivity contribution is -0.118. The largest absolute Gasteiger partial charge is 0.300 e. The molecular weight excluding hydrogens is 179 g/mol. The Bertz CT molecular complexity index is 368. The minimum Gasteiger partial charge on any atom is -0.300 e. The van der Waals surface area contributed by atoms with E-state index in [1.807, 2.05) is 0 Å². The maximum Gasteiger partial charge on any atom is 0.133 e. The molecule has 1 aliphatic rings. The predicted molar refractivity (Wildman–Crippen MR) is 52.5 cm³/mol. The van der Waals surface area contributed by atoms with Crippen LogP contribution in [0, 0.1) is 11.7 Å². The van der Waals surface area contributed by atoms with Crippen LogP contribution in [-0.4, -0.2) is 5.78 Å². The molecule has 0 radical (unpaired) electrons. The first-order valence-electron chi connectivity index (χ1n) is 4.80. The summed E-state index contributed by atoms with van der Waals surface area (Å²) in [4.78, 5) is 11.2. The number of Topliss-reactive ketones (excluding diaryl/α,β-unsaturated/α-hetero) is 1. The minimum absolute atomic E-state index is 0.0421. The maximum atomic E-state index is 12.7. The Kier molecular flexibility index (Phi) is 1.95. The molecule has 2 heteroatoms. The summed E-state index contributed by atoms with van der Waals surface area (Å²) in [7, 11) is 0. The molecule has 1 aliphatic carbocycles. The van der Waals surface area contributed by atoms with Gasteiger partial charge in [-0.15, -0.1) is 0 Å². The lowest BCUT2D eigenvalue weighted by atomic mass is 9.94. The van der Waals surface area contributed by atoms with Gasteiger partial charge in [0.15, 0.2) is 0 Å². The van der Waals surface area contributed by atoms with E-state index in [0.717, 1.165) is 12.0 Å². The van der Waals surface area contributed by atoms with E-state index in [0.29, 0.717) is 0 Å². The van der Waals surface area contributed by atoms with E-state index in [2.05, 4.69) is 6.92 Å². The number of carbonyl (C=O) groups excluding carboxylic acids is 1. The van der Waals surface area contributed by atoms with Crippen LogP contribution in [0.2, 0.25) is 0 Å². The zero-order chi connectivity index (χ0) is 10.3. The van der Waals surface area contributed by atoms with Crippen molar-refractivity contribution >= 4 is 5.78 Å². The minimum atomic E-state index is -0.225. The van der Waals surface area contributed by atoms with Gasteiger partial charge < -0.3 is 0 Å². The van der Waals surface area contributed by atoms with Crippen LogP contribution in [0.15, 0.2) is 24.3 Å². The molecule has 0 spiro atoms. The van der Waals surface area contributed by atoms with E-state index >= 15 is 0 Å². The van der Waals surface area contributed by atoms with Crippen LogP contribution in [0.1, 0.15) is 25.8 Å². The van der Waals surface area contributed by atoms with Crippen molar-refractivity contribution in [1.29, 1.82) is 0 Å². The molecule has 14 heavy (non-hydrogen) atoms. The van der Waals surface area contributed by atoms with Crippen molar-refractivity contribution in [3.8, 4) is 0 Å². The molecule has 0 bridgehead atoms.